The first-order chi connectivity index (χ1) is 13.6. The van der Waals surface area contributed by atoms with Crippen molar-refractivity contribution in [3.63, 3.8) is 0 Å². The van der Waals surface area contributed by atoms with E-state index in [1.165, 1.54) is 0 Å². The predicted octanol–water partition coefficient (Wildman–Crippen LogP) is 3.14. The SMILES string of the molecule is NCc1ccc(CO)cc1CN.[HH].[N-]=[N+]=NCc1ccc(CO)cc1CN=[N+]=[N-]. The van der Waals surface area contributed by atoms with Crippen LogP contribution in [0.5, 0.6) is 0 Å². The molecular weight excluding hydrogens is 360 g/mol. The summed E-state index contributed by atoms with van der Waals surface area (Å²) in [6.07, 6.45) is 0. The fourth-order valence-electron chi connectivity index (χ4n) is 2.46. The van der Waals surface area contributed by atoms with Crippen molar-refractivity contribution < 1.29 is 11.6 Å². The Morgan fingerprint density at radius 2 is 1.21 bits per heavy atom. The molecule has 0 atom stereocenters. The maximum atomic E-state index is 8.97. The predicted molar refractivity (Wildman–Crippen MR) is 108 cm³/mol. The van der Waals surface area contributed by atoms with Crippen LogP contribution in [0.2, 0.25) is 0 Å². The van der Waals surface area contributed by atoms with Gasteiger partial charge in [-0.25, -0.2) is 0 Å². The topological polar surface area (TPSA) is 190 Å². The van der Waals surface area contributed by atoms with Crippen LogP contribution >= 0.6 is 0 Å². The van der Waals surface area contributed by atoms with Gasteiger partial charge in [-0.1, -0.05) is 46.6 Å². The fourth-order valence-corrected chi connectivity index (χ4v) is 2.46. The van der Waals surface area contributed by atoms with E-state index in [1.54, 1.807) is 18.2 Å². The molecule has 0 fully saturated rings. The van der Waals surface area contributed by atoms with Crippen molar-refractivity contribution in [1.29, 1.82) is 0 Å². The first kappa shape index (κ1) is 22.9. The molecule has 6 N–H and O–H groups in total. The van der Waals surface area contributed by atoms with Crippen molar-refractivity contribution in [2.75, 3.05) is 0 Å². The van der Waals surface area contributed by atoms with E-state index in [4.69, 9.17) is 32.7 Å². The summed E-state index contributed by atoms with van der Waals surface area (Å²) >= 11 is 0. The van der Waals surface area contributed by atoms with Crippen molar-refractivity contribution in [2.45, 2.75) is 39.4 Å². The molecule has 150 valence electrons. The van der Waals surface area contributed by atoms with Crippen LogP contribution in [0.15, 0.2) is 46.6 Å². The third-order valence-corrected chi connectivity index (χ3v) is 3.95. The Balaban J connectivity index is 0.000000542. The van der Waals surface area contributed by atoms with E-state index in [9.17, 15) is 0 Å². The highest BCUT2D eigenvalue weighted by Gasteiger charge is 2.02. The van der Waals surface area contributed by atoms with E-state index < -0.39 is 0 Å². The van der Waals surface area contributed by atoms with Gasteiger partial charge in [0.25, 0.3) is 0 Å². The summed E-state index contributed by atoms with van der Waals surface area (Å²) in [6, 6.07) is 10.9. The standard InChI is InChI=1S/C9H10N6O.C9H14N2O.H2/c10-14-12-4-8-2-1-7(6-16)3-9(8)5-13-15-11;10-4-8-2-1-7(6-12)3-9(8)5-11;/h1-3,16H,4-6H2;1-3,12H,4-6,10-11H2;1H. The maximum Gasteiger partial charge on any atom is 0.0681 e. The molecule has 0 spiro atoms. The summed E-state index contributed by atoms with van der Waals surface area (Å²) in [5, 5.41) is 24.7. The van der Waals surface area contributed by atoms with Gasteiger partial charge < -0.3 is 21.7 Å². The van der Waals surface area contributed by atoms with E-state index >= 15 is 0 Å². The van der Waals surface area contributed by atoms with Gasteiger partial charge in [-0.05, 0) is 44.4 Å². The molecule has 0 heterocycles. The Morgan fingerprint density at radius 3 is 1.68 bits per heavy atom. The first-order valence-corrected chi connectivity index (χ1v) is 8.48. The average Bonchev–Trinajstić information content (AvgIpc) is 2.76. The van der Waals surface area contributed by atoms with E-state index in [2.05, 4.69) is 20.1 Å². The van der Waals surface area contributed by atoms with Gasteiger partial charge in [0.1, 0.15) is 0 Å². The third-order valence-electron chi connectivity index (χ3n) is 3.95. The quantitative estimate of drug-likeness (QED) is 0.308. The van der Waals surface area contributed by atoms with Crippen molar-refractivity contribution >= 4 is 0 Å². The molecule has 0 aromatic heterocycles. The molecule has 0 unspecified atom stereocenters. The highest BCUT2D eigenvalue weighted by molar-refractivity contribution is 5.32. The number of hydrogen-bond donors (Lipinski definition) is 4. The molecule has 28 heavy (non-hydrogen) atoms. The number of benzene rings is 2. The number of aliphatic hydroxyl groups is 2. The lowest BCUT2D eigenvalue weighted by Gasteiger charge is -2.06. The minimum atomic E-state index is -0.0783. The van der Waals surface area contributed by atoms with Gasteiger partial charge >= 0.3 is 0 Å². The monoisotopic (exact) mass is 386 g/mol. The molecule has 0 aliphatic rings. The van der Waals surface area contributed by atoms with E-state index in [1.807, 2.05) is 18.2 Å². The lowest BCUT2D eigenvalue weighted by molar-refractivity contribution is 0.281. The summed E-state index contributed by atoms with van der Waals surface area (Å²) in [5.41, 5.74) is 32.7. The van der Waals surface area contributed by atoms with Crippen LogP contribution in [-0.4, -0.2) is 10.2 Å². The Kier molecular flexibility index (Phi) is 10.8. The molecule has 0 saturated carbocycles. The van der Waals surface area contributed by atoms with Crippen LogP contribution in [0, 0.1) is 0 Å². The summed E-state index contributed by atoms with van der Waals surface area (Å²) in [6.45, 7) is 1.33. The third kappa shape index (κ3) is 7.26. The molecule has 2 rings (SSSR count). The van der Waals surface area contributed by atoms with Crippen LogP contribution in [-0.2, 0) is 39.4 Å². The second kappa shape index (κ2) is 13.1. The van der Waals surface area contributed by atoms with Gasteiger partial charge in [-0.2, -0.15) is 0 Å². The Labute approximate surface area is 164 Å². The maximum absolute atomic E-state index is 8.97. The van der Waals surface area contributed by atoms with Gasteiger partial charge in [-0.3, -0.25) is 0 Å². The highest BCUT2D eigenvalue weighted by Crippen LogP contribution is 2.15. The normalized spacial score (nSPS) is 9.57. The molecule has 0 aliphatic carbocycles. The minimum Gasteiger partial charge on any atom is -0.392 e. The second-order valence-corrected chi connectivity index (χ2v) is 5.71. The van der Waals surface area contributed by atoms with E-state index in [-0.39, 0.29) is 27.7 Å². The number of nitrogens with two attached hydrogens (primary N) is 2. The highest BCUT2D eigenvalue weighted by atomic mass is 16.3. The number of nitrogens with zero attached hydrogens (tertiary/aromatic N) is 6. The fraction of sp³-hybridized carbons (Fsp3) is 0.333. The van der Waals surface area contributed by atoms with Crippen LogP contribution < -0.4 is 11.5 Å². The van der Waals surface area contributed by atoms with Crippen LogP contribution in [0.3, 0.4) is 0 Å². The Bertz CT molecular complexity index is 865. The van der Waals surface area contributed by atoms with Crippen molar-refractivity contribution in [3.05, 3.63) is 90.7 Å². The molecule has 0 radical (unpaired) electrons. The number of aliphatic hydroxyl groups excluding tert-OH is 2. The van der Waals surface area contributed by atoms with Gasteiger partial charge in [0.2, 0.25) is 0 Å². The molecule has 2 aromatic rings. The minimum absolute atomic E-state index is 0. The van der Waals surface area contributed by atoms with Gasteiger partial charge in [0.05, 0.1) is 26.3 Å². The number of rotatable bonds is 8. The van der Waals surface area contributed by atoms with E-state index in [0.717, 1.165) is 33.4 Å². The first-order valence-electron chi connectivity index (χ1n) is 8.48. The van der Waals surface area contributed by atoms with Gasteiger partial charge in [0, 0.05) is 24.3 Å². The molecule has 0 aliphatic heterocycles. The zero-order chi connectivity index (χ0) is 20.8. The van der Waals surface area contributed by atoms with Crippen LogP contribution in [0.4, 0.5) is 0 Å². The molecule has 0 bridgehead atoms. The molecule has 0 amide bonds. The molecule has 0 saturated heterocycles. The lowest BCUT2D eigenvalue weighted by atomic mass is 10.0. The average molecular weight is 386 g/mol. The van der Waals surface area contributed by atoms with Crippen molar-refractivity contribution in [1.82, 2.24) is 0 Å². The molecule has 2 aromatic carbocycles. The Hall–Kier alpha value is -3.10. The molecular formula is C18H26N8O2. The lowest BCUT2D eigenvalue weighted by Crippen LogP contribution is -2.06. The summed E-state index contributed by atoms with van der Waals surface area (Å²) in [7, 11) is 0. The zero-order valence-corrected chi connectivity index (χ0v) is 15.4. The Morgan fingerprint density at radius 1 is 0.750 bits per heavy atom. The van der Waals surface area contributed by atoms with Crippen LogP contribution in [0.1, 0.15) is 34.8 Å². The second-order valence-electron chi connectivity index (χ2n) is 5.71. The van der Waals surface area contributed by atoms with Crippen molar-refractivity contribution in [3.8, 4) is 0 Å². The summed E-state index contributed by atoms with van der Waals surface area (Å²) < 4.78 is 0. The summed E-state index contributed by atoms with van der Waals surface area (Å²) in [4.78, 5) is 5.33. The molecule has 10 heteroatoms. The summed E-state index contributed by atoms with van der Waals surface area (Å²) in [5.74, 6) is 0. The van der Waals surface area contributed by atoms with Crippen molar-refractivity contribution in [2.24, 2.45) is 21.7 Å². The van der Waals surface area contributed by atoms with Crippen LogP contribution in [0.25, 0.3) is 20.9 Å². The largest absolute Gasteiger partial charge is 0.392 e. The van der Waals surface area contributed by atoms with Gasteiger partial charge in [-0.15, -0.1) is 0 Å². The van der Waals surface area contributed by atoms with Gasteiger partial charge in [0.15, 0.2) is 0 Å². The number of hydrogen-bond acceptors (Lipinski definition) is 6. The van der Waals surface area contributed by atoms with E-state index in [0.29, 0.717) is 13.1 Å². The zero-order valence-electron chi connectivity index (χ0n) is 15.4. The number of azide groups is 2. The smallest absolute Gasteiger partial charge is 0.0681 e. The molecule has 10 nitrogen and oxygen atoms in total.